The summed E-state index contributed by atoms with van der Waals surface area (Å²) in [5, 5.41) is 7.68. The Balaban J connectivity index is 0.00000243. The number of nitrogens with one attached hydrogen (secondary N) is 2. The molecule has 0 aliphatic carbocycles. The van der Waals surface area contributed by atoms with Gasteiger partial charge in [-0.3, -0.25) is 4.99 Å². The maximum Gasteiger partial charge on any atom is 0.191 e. The zero-order chi connectivity index (χ0) is 17.6. The molecule has 0 radical (unpaired) electrons. The van der Waals surface area contributed by atoms with Gasteiger partial charge in [0.15, 0.2) is 5.96 Å². The Hall–Kier alpha value is -1.87. The lowest BCUT2D eigenvalue weighted by atomic mass is 10.2. The van der Waals surface area contributed by atoms with Crippen molar-refractivity contribution in [3.8, 4) is 11.3 Å². The number of halogens is 1. The Morgan fingerprint density at radius 3 is 2.46 bits per heavy atom. The van der Waals surface area contributed by atoms with Crippen molar-refractivity contribution in [2.75, 3.05) is 7.05 Å². The first-order valence-electron chi connectivity index (χ1n) is 8.17. The lowest BCUT2D eigenvalue weighted by molar-refractivity contribution is 0.513. The van der Waals surface area contributed by atoms with Gasteiger partial charge in [0.05, 0.1) is 23.8 Å². The highest BCUT2D eigenvalue weighted by atomic mass is 127. The van der Waals surface area contributed by atoms with E-state index in [4.69, 9.17) is 4.42 Å². The minimum absolute atomic E-state index is 0. The van der Waals surface area contributed by atoms with Crippen molar-refractivity contribution in [1.29, 1.82) is 0 Å². The number of aryl methyl sites for hydroxylation is 2. The fourth-order valence-corrected chi connectivity index (χ4v) is 3.40. The molecule has 0 atom stereocenters. The van der Waals surface area contributed by atoms with E-state index in [0.717, 1.165) is 33.7 Å². The summed E-state index contributed by atoms with van der Waals surface area (Å²) in [5.41, 5.74) is 2.15. The molecule has 0 spiro atoms. The molecule has 0 saturated heterocycles. The van der Waals surface area contributed by atoms with Crippen LogP contribution in [-0.4, -0.2) is 18.0 Å². The van der Waals surface area contributed by atoms with Crippen LogP contribution in [0.2, 0.25) is 0 Å². The van der Waals surface area contributed by atoms with Crippen molar-refractivity contribution in [2.45, 2.75) is 26.9 Å². The number of guanidine groups is 1. The second-order valence-electron chi connectivity index (χ2n) is 5.65. The van der Waals surface area contributed by atoms with E-state index in [1.54, 1.807) is 18.4 Å². The van der Waals surface area contributed by atoms with Gasteiger partial charge in [0.1, 0.15) is 11.5 Å². The Kier molecular flexibility index (Phi) is 7.65. The highest BCUT2D eigenvalue weighted by Crippen LogP contribution is 2.21. The molecule has 3 aromatic rings. The van der Waals surface area contributed by atoms with Crippen LogP contribution >= 0.6 is 35.3 Å². The first-order valence-corrected chi connectivity index (χ1v) is 8.99. The highest BCUT2D eigenvalue weighted by Gasteiger charge is 2.07. The van der Waals surface area contributed by atoms with Gasteiger partial charge < -0.3 is 15.1 Å². The van der Waals surface area contributed by atoms with Gasteiger partial charge >= 0.3 is 0 Å². The van der Waals surface area contributed by atoms with E-state index >= 15 is 0 Å². The second kappa shape index (κ2) is 9.72. The van der Waals surface area contributed by atoms with Crippen LogP contribution in [0.1, 0.15) is 21.3 Å². The van der Waals surface area contributed by atoms with Gasteiger partial charge in [0, 0.05) is 17.5 Å². The van der Waals surface area contributed by atoms with Gasteiger partial charge in [-0.2, -0.15) is 0 Å². The second-order valence-corrected chi connectivity index (χ2v) is 6.94. The van der Waals surface area contributed by atoms with Gasteiger partial charge in [0.2, 0.25) is 0 Å². The molecule has 3 rings (SSSR count). The number of hydrogen-bond acceptors (Lipinski definition) is 4. The number of aromatic nitrogens is 1. The molecule has 0 amide bonds. The maximum absolute atomic E-state index is 5.90. The molecule has 0 saturated carbocycles. The number of nitrogens with zero attached hydrogens (tertiary/aromatic N) is 2. The smallest absolute Gasteiger partial charge is 0.191 e. The Bertz CT molecular complexity index is 858. The summed E-state index contributed by atoms with van der Waals surface area (Å²) in [7, 11) is 1.76. The molecule has 0 fully saturated rings. The van der Waals surface area contributed by atoms with Crippen LogP contribution < -0.4 is 10.6 Å². The predicted octanol–water partition coefficient (Wildman–Crippen LogP) is 4.50. The quantitative estimate of drug-likeness (QED) is 0.319. The normalized spacial score (nSPS) is 11.1. The van der Waals surface area contributed by atoms with E-state index in [0.29, 0.717) is 13.1 Å². The fraction of sp³-hybridized carbons (Fsp3) is 0.263. The monoisotopic (exact) mass is 482 g/mol. The lowest BCUT2D eigenvalue weighted by Gasteiger charge is -2.10. The third-order valence-electron chi connectivity index (χ3n) is 3.79. The highest BCUT2D eigenvalue weighted by molar-refractivity contribution is 14.0. The van der Waals surface area contributed by atoms with Crippen LogP contribution in [0.5, 0.6) is 0 Å². The number of thiazole rings is 1. The fourth-order valence-electron chi connectivity index (χ4n) is 2.52. The molecule has 0 bridgehead atoms. The molecule has 7 heteroatoms. The van der Waals surface area contributed by atoms with E-state index in [1.165, 1.54) is 4.88 Å². The third kappa shape index (κ3) is 5.31. The summed E-state index contributed by atoms with van der Waals surface area (Å²) < 4.78 is 5.90. The topological polar surface area (TPSA) is 62.5 Å². The predicted molar refractivity (Wildman–Crippen MR) is 118 cm³/mol. The van der Waals surface area contributed by atoms with Gasteiger partial charge in [-0.25, -0.2) is 4.98 Å². The Labute approximate surface area is 175 Å². The standard InChI is InChI=1S/C19H22N4OS.HI/c1-13-18(25-14(2)23-13)12-22-19(20-3)21-11-16-9-10-17(24-16)15-7-5-4-6-8-15;/h4-10H,11-12H2,1-3H3,(H2,20,21,22);1H. The molecule has 26 heavy (non-hydrogen) atoms. The molecule has 1 aromatic carbocycles. The van der Waals surface area contributed by atoms with E-state index in [1.807, 2.05) is 56.3 Å². The SMILES string of the molecule is CN=C(NCc1ccc(-c2ccccc2)o1)NCc1sc(C)nc1C.I. The molecule has 2 aromatic heterocycles. The van der Waals surface area contributed by atoms with E-state index in [-0.39, 0.29) is 24.0 Å². The Morgan fingerprint density at radius 2 is 1.81 bits per heavy atom. The molecule has 0 aliphatic heterocycles. The summed E-state index contributed by atoms with van der Waals surface area (Å²) in [6.07, 6.45) is 0. The van der Waals surface area contributed by atoms with E-state index in [2.05, 4.69) is 20.6 Å². The van der Waals surface area contributed by atoms with Crippen molar-refractivity contribution in [1.82, 2.24) is 15.6 Å². The molecule has 0 unspecified atom stereocenters. The van der Waals surface area contributed by atoms with Gasteiger partial charge in [-0.1, -0.05) is 30.3 Å². The van der Waals surface area contributed by atoms with Crippen LogP contribution in [0.4, 0.5) is 0 Å². The van der Waals surface area contributed by atoms with Crippen LogP contribution in [0.15, 0.2) is 51.9 Å². The number of benzene rings is 1. The molecule has 138 valence electrons. The molecular weight excluding hydrogens is 459 g/mol. The van der Waals surface area contributed by atoms with Crippen molar-refractivity contribution in [2.24, 2.45) is 4.99 Å². The minimum Gasteiger partial charge on any atom is -0.459 e. The number of rotatable bonds is 5. The minimum atomic E-state index is 0. The summed E-state index contributed by atoms with van der Waals surface area (Å²) in [5.74, 6) is 2.48. The first-order chi connectivity index (χ1) is 12.2. The molecule has 5 nitrogen and oxygen atoms in total. The van der Waals surface area contributed by atoms with Crippen LogP contribution in [0.3, 0.4) is 0 Å². The zero-order valence-corrected chi connectivity index (χ0v) is 18.2. The molecule has 0 aliphatic rings. The summed E-state index contributed by atoms with van der Waals surface area (Å²) in [6, 6.07) is 14.1. The average Bonchev–Trinajstić information content (AvgIpc) is 3.22. The maximum atomic E-state index is 5.90. The lowest BCUT2D eigenvalue weighted by Crippen LogP contribution is -2.36. The van der Waals surface area contributed by atoms with Crippen molar-refractivity contribution >= 4 is 41.3 Å². The number of furan rings is 1. The van der Waals surface area contributed by atoms with Crippen molar-refractivity contribution < 1.29 is 4.42 Å². The van der Waals surface area contributed by atoms with Gasteiger partial charge in [-0.05, 0) is 26.0 Å². The average molecular weight is 482 g/mol. The van der Waals surface area contributed by atoms with Gasteiger partial charge in [0.25, 0.3) is 0 Å². The number of hydrogen-bond donors (Lipinski definition) is 2. The van der Waals surface area contributed by atoms with Gasteiger partial charge in [-0.15, -0.1) is 35.3 Å². The van der Waals surface area contributed by atoms with E-state index < -0.39 is 0 Å². The van der Waals surface area contributed by atoms with Crippen molar-refractivity contribution in [3.05, 3.63) is 63.8 Å². The summed E-state index contributed by atoms with van der Waals surface area (Å²) >= 11 is 1.71. The zero-order valence-electron chi connectivity index (χ0n) is 15.1. The van der Waals surface area contributed by atoms with Crippen LogP contribution in [0.25, 0.3) is 11.3 Å². The molecular formula is C19H23IN4OS. The third-order valence-corrected chi connectivity index (χ3v) is 4.86. The molecule has 2 heterocycles. The summed E-state index contributed by atoms with van der Waals surface area (Å²) in [4.78, 5) is 9.93. The molecule has 2 N–H and O–H groups in total. The van der Waals surface area contributed by atoms with E-state index in [9.17, 15) is 0 Å². The number of aliphatic imine (C=N–C) groups is 1. The summed E-state index contributed by atoms with van der Waals surface area (Å²) in [6.45, 7) is 5.35. The van der Waals surface area contributed by atoms with Crippen LogP contribution in [0, 0.1) is 13.8 Å². The Morgan fingerprint density at radius 1 is 1.08 bits per heavy atom. The van der Waals surface area contributed by atoms with Crippen LogP contribution in [-0.2, 0) is 13.1 Å². The van der Waals surface area contributed by atoms with Crippen molar-refractivity contribution in [3.63, 3.8) is 0 Å². The largest absolute Gasteiger partial charge is 0.459 e. The first kappa shape index (κ1) is 20.4.